The number of piperidine rings is 1. The molecule has 0 spiro atoms. The molecule has 0 saturated carbocycles. The lowest BCUT2D eigenvalue weighted by molar-refractivity contribution is -0.138. The van der Waals surface area contributed by atoms with E-state index in [2.05, 4.69) is 17.2 Å². The highest BCUT2D eigenvalue weighted by molar-refractivity contribution is 7.19. The number of carbonyl (C=O) groups excluding carboxylic acids is 2. The molecule has 2 aromatic heterocycles. The van der Waals surface area contributed by atoms with Crippen LogP contribution in [0.15, 0.2) is 30.5 Å². The summed E-state index contributed by atoms with van der Waals surface area (Å²) in [6.45, 7) is 6.41. The number of halogens is 1. The van der Waals surface area contributed by atoms with Crippen molar-refractivity contribution in [1.29, 1.82) is 0 Å². The molecule has 0 unspecified atom stereocenters. The SMILES string of the molecule is Cc1cc(Cl)cc(-c2ccnc3cc(CN4C(=O)CCC4=O)sc23)c1O[C@H]1CCNC[C@H]1C. The molecule has 5 rings (SSSR count). The number of likely N-dealkylation sites (tertiary alicyclic amines) is 1. The number of hydrogen-bond donors (Lipinski definition) is 1. The lowest BCUT2D eigenvalue weighted by atomic mass is 9.97. The van der Waals surface area contributed by atoms with Crippen molar-refractivity contribution in [3.05, 3.63) is 45.9 Å². The predicted octanol–water partition coefficient (Wildman–Crippen LogP) is 4.95. The molecule has 3 aromatic rings. The third-order valence-corrected chi connectivity index (χ3v) is 7.80. The standard InChI is InChI=1S/C25H26ClN3O3S/c1-14-9-16(26)10-19(24(14)32-21-6-7-27-12-15(21)2)18-5-8-28-20-11-17(33-25(18)20)13-29-22(30)3-4-23(29)31/h5,8-11,15,21,27H,3-4,6-7,12-13H2,1-2H3/t15-,21+/m1/s1. The maximum Gasteiger partial charge on any atom is 0.230 e. The van der Waals surface area contributed by atoms with Gasteiger partial charge in [-0.05, 0) is 49.7 Å². The molecule has 2 fully saturated rings. The van der Waals surface area contributed by atoms with Crippen LogP contribution in [0.25, 0.3) is 21.3 Å². The van der Waals surface area contributed by atoms with Crippen molar-refractivity contribution in [1.82, 2.24) is 15.2 Å². The first-order valence-electron chi connectivity index (χ1n) is 11.3. The second kappa shape index (κ2) is 9.05. The van der Waals surface area contributed by atoms with E-state index in [0.717, 1.165) is 57.0 Å². The van der Waals surface area contributed by atoms with Gasteiger partial charge in [-0.3, -0.25) is 19.5 Å². The predicted molar refractivity (Wildman–Crippen MR) is 131 cm³/mol. The molecule has 0 bridgehead atoms. The number of ether oxygens (including phenoxy) is 1. The van der Waals surface area contributed by atoms with Crippen molar-refractivity contribution >= 4 is 45.0 Å². The number of aromatic nitrogens is 1. The fraction of sp³-hybridized carbons (Fsp3) is 0.400. The molecule has 1 aromatic carbocycles. The zero-order valence-corrected chi connectivity index (χ0v) is 20.3. The van der Waals surface area contributed by atoms with Gasteiger partial charge in [-0.2, -0.15) is 0 Å². The maximum absolute atomic E-state index is 12.1. The smallest absolute Gasteiger partial charge is 0.230 e. The summed E-state index contributed by atoms with van der Waals surface area (Å²) in [7, 11) is 0. The molecule has 33 heavy (non-hydrogen) atoms. The Hall–Kier alpha value is -2.48. The summed E-state index contributed by atoms with van der Waals surface area (Å²) < 4.78 is 7.62. The first kappa shape index (κ1) is 22.3. The summed E-state index contributed by atoms with van der Waals surface area (Å²) in [4.78, 5) is 31.0. The average molecular weight is 484 g/mol. The van der Waals surface area contributed by atoms with Crippen LogP contribution in [0, 0.1) is 12.8 Å². The Morgan fingerprint density at radius 1 is 1.21 bits per heavy atom. The van der Waals surface area contributed by atoms with Crippen LogP contribution in [0.3, 0.4) is 0 Å². The third kappa shape index (κ3) is 4.37. The number of rotatable bonds is 5. The van der Waals surface area contributed by atoms with Crippen LogP contribution in [-0.2, 0) is 16.1 Å². The highest BCUT2D eigenvalue weighted by Crippen LogP contribution is 2.42. The summed E-state index contributed by atoms with van der Waals surface area (Å²) in [5, 5.41) is 4.08. The van der Waals surface area contributed by atoms with Gasteiger partial charge < -0.3 is 10.1 Å². The number of thiophene rings is 1. The molecular weight excluding hydrogens is 458 g/mol. The molecule has 6 nitrogen and oxygen atoms in total. The van der Waals surface area contributed by atoms with Gasteiger partial charge in [0, 0.05) is 52.5 Å². The van der Waals surface area contributed by atoms with Crippen LogP contribution in [-0.4, -0.2) is 40.9 Å². The zero-order chi connectivity index (χ0) is 23.1. The molecular formula is C25H26ClN3O3S. The van der Waals surface area contributed by atoms with Crippen LogP contribution in [0.2, 0.25) is 5.02 Å². The quantitative estimate of drug-likeness (QED) is 0.520. The minimum Gasteiger partial charge on any atom is -0.489 e. The Balaban J connectivity index is 1.55. The van der Waals surface area contributed by atoms with E-state index in [4.69, 9.17) is 16.3 Å². The van der Waals surface area contributed by atoms with Crippen molar-refractivity contribution in [2.75, 3.05) is 13.1 Å². The Morgan fingerprint density at radius 3 is 2.76 bits per heavy atom. The Labute approximate surface area is 201 Å². The van der Waals surface area contributed by atoms with Gasteiger partial charge in [-0.15, -0.1) is 11.3 Å². The molecule has 8 heteroatoms. The van der Waals surface area contributed by atoms with Crippen molar-refractivity contribution in [2.45, 2.75) is 45.8 Å². The monoisotopic (exact) mass is 483 g/mol. The molecule has 172 valence electrons. The summed E-state index contributed by atoms with van der Waals surface area (Å²) in [5.41, 5.74) is 3.78. The van der Waals surface area contributed by atoms with Gasteiger partial charge in [0.25, 0.3) is 0 Å². The summed E-state index contributed by atoms with van der Waals surface area (Å²) >= 11 is 8.05. The number of hydrogen-bond acceptors (Lipinski definition) is 6. The zero-order valence-electron chi connectivity index (χ0n) is 18.7. The second-order valence-electron chi connectivity index (χ2n) is 8.88. The molecule has 2 aliphatic heterocycles. The minimum absolute atomic E-state index is 0.108. The lowest BCUT2D eigenvalue weighted by Crippen LogP contribution is -2.41. The second-order valence-corrected chi connectivity index (χ2v) is 10.5. The normalized spacial score (nSPS) is 21.2. The number of aryl methyl sites for hydroxylation is 1. The maximum atomic E-state index is 12.1. The summed E-state index contributed by atoms with van der Waals surface area (Å²) in [5.74, 6) is 1.04. The molecule has 1 N–H and O–H groups in total. The van der Waals surface area contributed by atoms with Crippen LogP contribution in [0.1, 0.15) is 36.6 Å². The fourth-order valence-electron chi connectivity index (χ4n) is 4.64. The Morgan fingerprint density at radius 2 is 2.00 bits per heavy atom. The molecule has 2 amide bonds. The van der Waals surface area contributed by atoms with Crippen LogP contribution < -0.4 is 10.1 Å². The van der Waals surface area contributed by atoms with E-state index in [0.29, 0.717) is 30.3 Å². The van der Waals surface area contributed by atoms with E-state index in [-0.39, 0.29) is 17.9 Å². The van der Waals surface area contributed by atoms with Gasteiger partial charge in [0.15, 0.2) is 0 Å². The van der Waals surface area contributed by atoms with Crippen molar-refractivity contribution in [3.63, 3.8) is 0 Å². The molecule has 2 aliphatic rings. The molecule has 4 heterocycles. The van der Waals surface area contributed by atoms with E-state index in [1.165, 1.54) is 4.90 Å². The van der Waals surface area contributed by atoms with E-state index in [9.17, 15) is 9.59 Å². The largest absolute Gasteiger partial charge is 0.489 e. The Bertz CT molecular complexity index is 1230. The van der Waals surface area contributed by atoms with E-state index < -0.39 is 0 Å². The van der Waals surface area contributed by atoms with Crippen LogP contribution >= 0.6 is 22.9 Å². The molecule has 2 saturated heterocycles. The van der Waals surface area contributed by atoms with Gasteiger partial charge in [-0.1, -0.05) is 18.5 Å². The van der Waals surface area contributed by atoms with Gasteiger partial charge >= 0.3 is 0 Å². The molecule has 0 aliphatic carbocycles. The van der Waals surface area contributed by atoms with E-state index in [1.54, 1.807) is 17.5 Å². The summed E-state index contributed by atoms with van der Waals surface area (Å²) in [6.07, 6.45) is 3.46. The topological polar surface area (TPSA) is 71.5 Å². The highest BCUT2D eigenvalue weighted by Gasteiger charge is 2.30. The number of nitrogens with zero attached hydrogens (tertiary/aromatic N) is 2. The number of carbonyl (C=O) groups is 2. The van der Waals surface area contributed by atoms with Gasteiger partial charge in [-0.25, -0.2) is 0 Å². The minimum atomic E-state index is -0.108. The number of amides is 2. The van der Waals surface area contributed by atoms with E-state index in [1.807, 2.05) is 31.2 Å². The number of fused-ring (bicyclic) bond motifs is 1. The first-order valence-corrected chi connectivity index (χ1v) is 12.5. The van der Waals surface area contributed by atoms with E-state index >= 15 is 0 Å². The number of pyridine rings is 1. The van der Waals surface area contributed by atoms with Gasteiger partial charge in [0.1, 0.15) is 11.9 Å². The third-order valence-electron chi connectivity index (χ3n) is 6.44. The molecule has 0 radical (unpaired) electrons. The summed E-state index contributed by atoms with van der Waals surface area (Å²) in [6, 6.07) is 7.85. The van der Waals surface area contributed by atoms with Crippen molar-refractivity contribution in [3.8, 4) is 16.9 Å². The number of nitrogens with one attached hydrogen (secondary N) is 1. The highest BCUT2D eigenvalue weighted by atomic mass is 35.5. The van der Waals surface area contributed by atoms with Gasteiger partial charge in [0.05, 0.1) is 16.8 Å². The van der Waals surface area contributed by atoms with Crippen LogP contribution in [0.5, 0.6) is 5.75 Å². The number of imide groups is 1. The van der Waals surface area contributed by atoms with Gasteiger partial charge in [0.2, 0.25) is 11.8 Å². The lowest BCUT2D eigenvalue weighted by Gasteiger charge is -2.31. The average Bonchev–Trinajstić information content (AvgIpc) is 3.34. The van der Waals surface area contributed by atoms with Crippen LogP contribution in [0.4, 0.5) is 0 Å². The molecule has 2 atom stereocenters. The van der Waals surface area contributed by atoms with Crippen molar-refractivity contribution in [2.24, 2.45) is 5.92 Å². The fourth-order valence-corrected chi connectivity index (χ4v) is 6.04. The first-order chi connectivity index (χ1) is 15.9. The van der Waals surface area contributed by atoms with Crippen molar-refractivity contribution < 1.29 is 14.3 Å². The Kier molecular flexibility index (Phi) is 6.12. The number of benzene rings is 1.